The molecule has 0 unspecified atom stereocenters. The van der Waals surface area contributed by atoms with Crippen molar-refractivity contribution in [3.8, 4) is 11.8 Å². The van der Waals surface area contributed by atoms with Crippen molar-refractivity contribution in [3.63, 3.8) is 0 Å². The third kappa shape index (κ3) is 1.71. The maximum Gasteiger partial charge on any atom is 0.0521 e. The molecule has 0 spiro atoms. The summed E-state index contributed by atoms with van der Waals surface area (Å²) in [5.74, 6) is 6.56. The standard InChI is InChI=1S/C11H9NS/c13-7-1-2-9-3-4-11-10(8-9)5-6-12-11/h3-6,8,12-13H,7H2. The summed E-state index contributed by atoms with van der Waals surface area (Å²) in [7, 11) is 0. The first-order valence-corrected chi connectivity index (χ1v) is 4.70. The molecule has 2 rings (SSSR count). The molecule has 0 radical (unpaired) electrons. The zero-order valence-corrected chi connectivity index (χ0v) is 7.94. The smallest absolute Gasteiger partial charge is 0.0521 e. The first-order chi connectivity index (χ1) is 6.40. The van der Waals surface area contributed by atoms with Crippen LogP contribution in [0.15, 0.2) is 30.5 Å². The Hall–Kier alpha value is -1.33. The monoisotopic (exact) mass is 187 g/mol. The Kier molecular flexibility index (Phi) is 2.29. The average Bonchev–Trinajstić information content (AvgIpc) is 2.61. The van der Waals surface area contributed by atoms with Gasteiger partial charge in [0.05, 0.1) is 5.75 Å². The molecule has 1 nitrogen and oxygen atoms in total. The van der Waals surface area contributed by atoms with E-state index in [-0.39, 0.29) is 0 Å². The Morgan fingerprint density at radius 3 is 3.08 bits per heavy atom. The van der Waals surface area contributed by atoms with Gasteiger partial charge in [-0.15, -0.1) is 0 Å². The highest BCUT2D eigenvalue weighted by molar-refractivity contribution is 7.80. The summed E-state index contributed by atoms with van der Waals surface area (Å²) in [6, 6.07) is 8.16. The van der Waals surface area contributed by atoms with E-state index in [1.54, 1.807) is 0 Å². The van der Waals surface area contributed by atoms with Crippen LogP contribution in [-0.2, 0) is 0 Å². The molecule has 2 heteroatoms. The van der Waals surface area contributed by atoms with E-state index in [4.69, 9.17) is 0 Å². The lowest BCUT2D eigenvalue weighted by molar-refractivity contribution is 1.48. The van der Waals surface area contributed by atoms with E-state index in [9.17, 15) is 0 Å². The van der Waals surface area contributed by atoms with Gasteiger partial charge >= 0.3 is 0 Å². The summed E-state index contributed by atoms with van der Waals surface area (Å²) < 4.78 is 0. The first-order valence-electron chi connectivity index (χ1n) is 4.07. The highest BCUT2D eigenvalue weighted by Gasteiger charge is 1.93. The second kappa shape index (κ2) is 3.59. The minimum absolute atomic E-state index is 0.602. The summed E-state index contributed by atoms with van der Waals surface area (Å²) in [6.07, 6.45) is 1.93. The van der Waals surface area contributed by atoms with E-state index >= 15 is 0 Å². The van der Waals surface area contributed by atoms with Gasteiger partial charge in [-0.25, -0.2) is 0 Å². The van der Waals surface area contributed by atoms with Gasteiger partial charge in [0.2, 0.25) is 0 Å². The van der Waals surface area contributed by atoms with Gasteiger partial charge in [0.15, 0.2) is 0 Å². The molecular formula is C11H9NS. The summed E-state index contributed by atoms with van der Waals surface area (Å²) in [5.41, 5.74) is 2.19. The summed E-state index contributed by atoms with van der Waals surface area (Å²) in [6.45, 7) is 0. The zero-order chi connectivity index (χ0) is 9.10. The Labute approximate surface area is 82.6 Å². The molecule has 0 atom stereocenters. The molecular weight excluding hydrogens is 178 g/mol. The maximum atomic E-state index is 4.03. The van der Waals surface area contributed by atoms with Gasteiger partial charge in [0, 0.05) is 22.7 Å². The zero-order valence-electron chi connectivity index (χ0n) is 7.04. The lowest BCUT2D eigenvalue weighted by atomic mass is 10.2. The summed E-state index contributed by atoms with van der Waals surface area (Å²) in [4.78, 5) is 3.14. The van der Waals surface area contributed by atoms with Gasteiger partial charge < -0.3 is 4.98 Å². The van der Waals surface area contributed by atoms with Crippen molar-refractivity contribution in [2.45, 2.75) is 0 Å². The van der Waals surface area contributed by atoms with Crippen molar-refractivity contribution < 1.29 is 0 Å². The van der Waals surface area contributed by atoms with E-state index < -0.39 is 0 Å². The molecule has 64 valence electrons. The van der Waals surface area contributed by atoms with E-state index in [2.05, 4.69) is 35.5 Å². The van der Waals surface area contributed by atoms with Crippen molar-refractivity contribution in [1.82, 2.24) is 4.98 Å². The Morgan fingerprint density at radius 2 is 2.23 bits per heavy atom. The lowest BCUT2D eigenvalue weighted by Gasteiger charge is -1.90. The number of benzene rings is 1. The van der Waals surface area contributed by atoms with E-state index in [1.807, 2.05) is 24.4 Å². The van der Waals surface area contributed by atoms with Crippen molar-refractivity contribution in [2.75, 3.05) is 5.75 Å². The minimum atomic E-state index is 0.602. The lowest BCUT2D eigenvalue weighted by Crippen LogP contribution is -1.74. The Bertz CT molecular complexity index is 473. The number of fused-ring (bicyclic) bond motifs is 1. The fourth-order valence-electron chi connectivity index (χ4n) is 1.27. The van der Waals surface area contributed by atoms with Crippen molar-refractivity contribution in [1.29, 1.82) is 0 Å². The predicted octanol–water partition coefficient (Wildman–Crippen LogP) is 2.45. The largest absolute Gasteiger partial charge is 0.361 e. The van der Waals surface area contributed by atoms with Crippen LogP contribution in [0, 0.1) is 11.8 Å². The molecule has 1 N–H and O–H groups in total. The summed E-state index contributed by atoms with van der Waals surface area (Å²) in [5, 5.41) is 1.20. The van der Waals surface area contributed by atoms with Gasteiger partial charge in [-0.2, -0.15) is 12.6 Å². The van der Waals surface area contributed by atoms with E-state index in [1.165, 1.54) is 5.39 Å². The molecule has 0 saturated heterocycles. The quantitative estimate of drug-likeness (QED) is 0.465. The third-order valence-corrected chi connectivity index (χ3v) is 2.02. The van der Waals surface area contributed by atoms with Crippen LogP contribution < -0.4 is 0 Å². The van der Waals surface area contributed by atoms with Crippen LogP contribution >= 0.6 is 12.6 Å². The number of aromatic nitrogens is 1. The second-order valence-corrected chi connectivity index (χ2v) is 3.06. The summed E-state index contributed by atoms with van der Waals surface area (Å²) >= 11 is 4.03. The number of nitrogens with one attached hydrogen (secondary N) is 1. The SMILES string of the molecule is SCC#Cc1ccc2[nH]ccc2c1. The van der Waals surface area contributed by atoms with Gasteiger partial charge in [-0.1, -0.05) is 11.8 Å². The highest BCUT2D eigenvalue weighted by atomic mass is 32.1. The molecule has 13 heavy (non-hydrogen) atoms. The van der Waals surface area contributed by atoms with Crippen LogP contribution in [0.5, 0.6) is 0 Å². The Morgan fingerprint density at radius 1 is 1.31 bits per heavy atom. The number of H-pyrrole nitrogens is 1. The average molecular weight is 187 g/mol. The van der Waals surface area contributed by atoms with Gasteiger partial charge in [0.1, 0.15) is 0 Å². The molecule has 0 amide bonds. The van der Waals surface area contributed by atoms with Gasteiger partial charge in [-0.3, -0.25) is 0 Å². The molecule has 1 aromatic carbocycles. The number of aromatic amines is 1. The van der Waals surface area contributed by atoms with Gasteiger partial charge in [-0.05, 0) is 24.3 Å². The minimum Gasteiger partial charge on any atom is -0.361 e. The Balaban J connectivity index is 2.48. The van der Waals surface area contributed by atoms with Crippen molar-refractivity contribution in [2.24, 2.45) is 0 Å². The van der Waals surface area contributed by atoms with E-state index in [0.717, 1.165) is 11.1 Å². The van der Waals surface area contributed by atoms with Crippen LogP contribution in [-0.4, -0.2) is 10.7 Å². The number of thiol groups is 1. The number of rotatable bonds is 0. The predicted molar refractivity (Wildman–Crippen MR) is 59.0 cm³/mol. The molecule has 1 heterocycles. The van der Waals surface area contributed by atoms with Crippen LogP contribution in [0.2, 0.25) is 0 Å². The number of hydrogen-bond donors (Lipinski definition) is 2. The molecule has 0 aliphatic heterocycles. The fourth-order valence-corrected chi connectivity index (χ4v) is 1.35. The van der Waals surface area contributed by atoms with Crippen LogP contribution in [0.3, 0.4) is 0 Å². The molecule has 0 saturated carbocycles. The maximum absolute atomic E-state index is 4.03. The van der Waals surface area contributed by atoms with Crippen LogP contribution in [0.1, 0.15) is 5.56 Å². The molecule has 0 aliphatic carbocycles. The molecule has 0 bridgehead atoms. The second-order valence-electron chi connectivity index (χ2n) is 2.74. The van der Waals surface area contributed by atoms with Crippen molar-refractivity contribution >= 4 is 23.5 Å². The molecule has 0 fully saturated rings. The topological polar surface area (TPSA) is 15.8 Å². The normalized spacial score (nSPS) is 9.62. The molecule has 1 aromatic heterocycles. The molecule has 0 aliphatic rings. The van der Waals surface area contributed by atoms with Gasteiger partial charge in [0.25, 0.3) is 0 Å². The fraction of sp³-hybridized carbons (Fsp3) is 0.0909. The van der Waals surface area contributed by atoms with Crippen molar-refractivity contribution in [3.05, 3.63) is 36.0 Å². The molecule has 2 aromatic rings. The highest BCUT2D eigenvalue weighted by Crippen LogP contribution is 2.13. The third-order valence-electron chi connectivity index (χ3n) is 1.87. The first kappa shape index (κ1) is 8.28. The van der Waals surface area contributed by atoms with E-state index in [0.29, 0.717) is 5.75 Å². The van der Waals surface area contributed by atoms with Crippen LogP contribution in [0.25, 0.3) is 10.9 Å². The number of hydrogen-bond acceptors (Lipinski definition) is 1. The van der Waals surface area contributed by atoms with Crippen LogP contribution in [0.4, 0.5) is 0 Å².